The van der Waals surface area contributed by atoms with Crippen molar-refractivity contribution in [3.8, 4) is 0 Å². The Balaban J connectivity index is 0.00000220. The van der Waals surface area contributed by atoms with Gasteiger partial charge in [-0.25, -0.2) is 0 Å². The van der Waals surface area contributed by atoms with E-state index in [1.54, 1.807) is 6.07 Å². The molecule has 1 fully saturated rings. The molecular weight excluding hydrogens is 319 g/mol. The molecule has 0 bridgehead atoms. The molecule has 21 heavy (non-hydrogen) atoms. The van der Waals surface area contributed by atoms with Crippen LogP contribution in [0.1, 0.15) is 18.4 Å². The Bertz CT molecular complexity index is 539. The first kappa shape index (κ1) is 17.7. The molecule has 1 aromatic rings. The number of carboxylic acids is 1. The third kappa shape index (κ3) is 4.56. The van der Waals surface area contributed by atoms with Gasteiger partial charge in [0.2, 0.25) is 0 Å². The number of nitro groups is 1. The van der Waals surface area contributed by atoms with Gasteiger partial charge >= 0.3 is 5.97 Å². The Hall–Kier alpha value is -1.37. The van der Waals surface area contributed by atoms with Crippen molar-refractivity contribution >= 4 is 35.7 Å². The van der Waals surface area contributed by atoms with Crippen LogP contribution in [0.5, 0.6) is 0 Å². The highest BCUT2D eigenvalue weighted by Gasteiger charge is 2.26. The highest BCUT2D eigenvalue weighted by atomic mass is 35.5. The number of benzene rings is 1. The van der Waals surface area contributed by atoms with Crippen molar-refractivity contribution < 1.29 is 14.8 Å². The van der Waals surface area contributed by atoms with Gasteiger partial charge in [-0.1, -0.05) is 11.6 Å². The lowest BCUT2D eigenvalue weighted by Gasteiger charge is -2.30. The van der Waals surface area contributed by atoms with Crippen LogP contribution >= 0.6 is 24.0 Å². The van der Waals surface area contributed by atoms with Crippen LogP contribution in [0, 0.1) is 16.0 Å². The SMILES string of the molecule is Cl.O=C(O)C1CCCN(Cc2cc(Cl)ccc2[N+](=O)[O-])C1. The van der Waals surface area contributed by atoms with Gasteiger partial charge in [0, 0.05) is 29.7 Å². The number of likely N-dealkylation sites (tertiary alicyclic amines) is 1. The number of halogens is 2. The third-order valence-corrected chi connectivity index (χ3v) is 3.72. The van der Waals surface area contributed by atoms with Gasteiger partial charge in [-0.2, -0.15) is 0 Å². The second-order valence-electron chi connectivity index (χ2n) is 4.94. The Morgan fingerprint density at radius 2 is 2.24 bits per heavy atom. The monoisotopic (exact) mass is 334 g/mol. The van der Waals surface area contributed by atoms with Gasteiger partial charge in [0.05, 0.1) is 10.8 Å². The fourth-order valence-corrected chi connectivity index (χ4v) is 2.70. The molecule has 1 N–H and O–H groups in total. The lowest BCUT2D eigenvalue weighted by Crippen LogP contribution is -2.38. The topological polar surface area (TPSA) is 83.7 Å². The predicted molar refractivity (Wildman–Crippen MR) is 81.0 cm³/mol. The minimum absolute atomic E-state index is 0. The van der Waals surface area contributed by atoms with Gasteiger partial charge < -0.3 is 5.11 Å². The van der Waals surface area contributed by atoms with Crippen molar-refractivity contribution in [3.05, 3.63) is 38.9 Å². The molecule has 1 unspecified atom stereocenters. The number of nitrogens with zero attached hydrogens (tertiary/aromatic N) is 2. The molecule has 0 radical (unpaired) electrons. The summed E-state index contributed by atoms with van der Waals surface area (Å²) in [7, 11) is 0. The van der Waals surface area contributed by atoms with Crippen LogP contribution < -0.4 is 0 Å². The van der Waals surface area contributed by atoms with E-state index in [1.807, 2.05) is 4.90 Å². The summed E-state index contributed by atoms with van der Waals surface area (Å²) >= 11 is 5.88. The minimum atomic E-state index is -0.810. The number of hydrogen-bond donors (Lipinski definition) is 1. The summed E-state index contributed by atoms with van der Waals surface area (Å²) in [6.07, 6.45) is 1.44. The average Bonchev–Trinajstić information content (AvgIpc) is 2.38. The molecule has 0 aliphatic carbocycles. The number of carbonyl (C=O) groups is 1. The van der Waals surface area contributed by atoms with E-state index in [0.717, 1.165) is 13.0 Å². The van der Waals surface area contributed by atoms with Crippen LogP contribution in [-0.2, 0) is 11.3 Å². The summed E-state index contributed by atoms with van der Waals surface area (Å²) in [5.41, 5.74) is 0.542. The molecule has 1 heterocycles. The van der Waals surface area contributed by atoms with Crippen LogP contribution in [-0.4, -0.2) is 34.0 Å². The molecule has 0 aromatic heterocycles. The molecule has 0 spiro atoms. The van der Waals surface area contributed by atoms with Crippen molar-refractivity contribution in [3.63, 3.8) is 0 Å². The summed E-state index contributed by atoms with van der Waals surface area (Å²) in [6, 6.07) is 4.44. The fraction of sp³-hybridized carbons (Fsp3) is 0.462. The van der Waals surface area contributed by atoms with E-state index in [0.29, 0.717) is 30.1 Å². The largest absolute Gasteiger partial charge is 0.481 e. The van der Waals surface area contributed by atoms with E-state index in [4.69, 9.17) is 16.7 Å². The van der Waals surface area contributed by atoms with Crippen molar-refractivity contribution in [1.82, 2.24) is 4.90 Å². The number of aliphatic carboxylic acids is 1. The van der Waals surface area contributed by atoms with E-state index in [9.17, 15) is 14.9 Å². The summed E-state index contributed by atoms with van der Waals surface area (Å²) in [5.74, 6) is -1.21. The van der Waals surface area contributed by atoms with E-state index in [-0.39, 0.29) is 18.1 Å². The van der Waals surface area contributed by atoms with Crippen LogP contribution in [0.25, 0.3) is 0 Å². The standard InChI is InChI=1S/C13H15ClN2O4.ClH/c14-11-3-4-12(16(19)20)10(6-11)8-15-5-1-2-9(7-15)13(17)18;/h3-4,6,9H,1-2,5,7-8H2,(H,17,18);1H. The van der Waals surface area contributed by atoms with Crippen molar-refractivity contribution in [2.75, 3.05) is 13.1 Å². The van der Waals surface area contributed by atoms with Crippen LogP contribution in [0.2, 0.25) is 5.02 Å². The van der Waals surface area contributed by atoms with Gasteiger partial charge in [0.15, 0.2) is 0 Å². The molecule has 0 amide bonds. The fourth-order valence-electron chi connectivity index (χ4n) is 2.50. The maximum absolute atomic E-state index is 11.0. The number of carboxylic acid groups (broad SMARTS) is 1. The van der Waals surface area contributed by atoms with Crippen molar-refractivity contribution in [2.45, 2.75) is 19.4 Å². The lowest BCUT2D eigenvalue weighted by atomic mass is 9.98. The Labute approximate surface area is 133 Å². The molecule has 1 saturated heterocycles. The first-order chi connectivity index (χ1) is 9.47. The third-order valence-electron chi connectivity index (χ3n) is 3.49. The zero-order valence-electron chi connectivity index (χ0n) is 11.2. The molecule has 6 nitrogen and oxygen atoms in total. The summed E-state index contributed by atoms with van der Waals surface area (Å²) in [6.45, 7) is 1.51. The molecule has 8 heteroatoms. The molecule has 1 aliphatic rings. The first-order valence-electron chi connectivity index (χ1n) is 6.35. The van der Waals surface area contributed by atoms with E-state index in [2.05, 4.69) is 0 Å². The average molecular weight is 335 g/mol. The molecule has 1 atom stereocenters. The minimum Gasteiger partial charge on any atom is -0.481 e. The Morgan fingerprint density at radius 3 is 2.86 bits per heavy atom. The van der Waals surface area contributed by atoms with Crippen LogP contribution in [0.15, 0.2) is 18.2 Å². The molecule has 1 aromatic carbocycles. The van der Waals surface area contributed by atoms with Gasteiger partial charge in [-0.05, 0) is 31.5 Å². The molecule has 116 valence electrons. The van der Waals surface area contributed by atoms with Gasteiger partial charge in [0.1, 0.15) is 0 Å². The number of piperidine rings is 1. The van der Waals surface area contributed by atoms with E-state index >= 15 is 0 Å². The maximum atomic E-state index is 11.0. The summed E-state index contributed by atoms with van der Waals surface area (Å²) < 4.78 is 0. The quantitative estimate of drug-likeness (QED) is 0.675. The maximum Gasteiger partial charge on any atom is 0.307 e. The number of rotatable bonds is 4. The molecule has 0 saturated carbocycles. The Kier molecular flexibility index (Phi) is 6.39. The van der Waals surface area contributed by atoms with Gasteiger partial charge in [0.25, 0.3) is 5.69 Å². The zero-order chi connectivity index (χ0) is 14.7. The number of nitro benzene ring substituents is 1. The predicted octanol–water partition coefficient (Wildman–Crippen LogP) is 2.97. The first-order valence-corrected chi connectivity index (χ1v) is 6.73. The van der Waals surface area contributed by atoms with Crippen LogP contribution in [0.3, 0.4) is 0 Å². The van der Waals surface area contributed by atoms with E-state index < -0.39 is 16.8 Å². The summed E-state index contributed by atoms with van der Waals surface area (Å²) in [5, 5.41) is 20.5. The highest BCUT2D eigenvalue weighted by molar-refractivity contribution is 6.30. The normalized spacial score (nSPS) is 18.8. The number of hydrogen-bond acceptors (Lipinski definition) is 4. The molecule has 2 rings (SSSR count). The van der Waals surface area contributed by atoms with Gasteiger partial charge in [-0.15, -0.1) is 12.4 Å². The highest BCUT2D eigenvalue weighted by Crippen LogP contribution is 2.26. The molecule has 1 aliphatic heterocycles. The smallest absolute Gasteiger partial charge is 0.307 e. The second kappa shape index (κ2) is 7.59. The van der Waals surface area contributed by atoms with Crippen LogP contribution in [0.4, 0.5) is 5.69 Å². The zero-order valence-corrected chi connectivity index (χ0v) is 12.8. The lowest BCUT2D eigenvalue weighted by molar-refractivity contribution is -0.385. The van der Waals surface area contributed by atoms with Crippen molar-refractivity contribution in [1.29, 1.82) is 0 Å². The summed E-state index contributed by atoms with van der Waals surface area (Å²) in [4.78, 5) is 23.5. The van der Waals surface area contributed by atoms with Crippen molar-refractivity contribution in [2.24, 2.45) is 5.92 Å². The molecular formula is C13H16Cl2N2O4. The van der Waals surface area contributed by atoms with Gasteiger partial charge in [-0.3, -0.25) is 19.8 Å². The van der Waals surface area contributed by atoms with E-state index in [1.165, 1.54) is 12.1 Å². The Morgan fingerprint density at radius 1 is 1.52 bits per heavy atom. The second-order valence-corrected chi connectivity index (χ2v) is 5.38.